The average molecular weight is 296 g/mol. The maximum absolute atomic E-state index is 11.7. The van der Waals surface area contributed by atoms with Crippen molar-refractivity contribution in [2.45, 2.75) is 6.42 Å². The average Bonchev–Trinajstić information content (AvgIpc) is 2.41. The summed E-state index contributed by atoms with van der Waals surface area (Å²) in [7, 11) is 1.36. The highest BCUT2D eigenvalue weighted by atomic mass is 35.5. The number of rotatable bonds is 3. The molecule has 0 atom stereocenters. The molecule has 1 aromatic carbocycles. The third-order valence-corrected chi connectivity index (χ3v) is 3.23. The second-order valence-electron chi connectivity index (χ2n) is 3.91. The van der Waals surface area contributed by atoms with Crippen LogP contribution in [-0.2, 0) is 11.2 Å². The molecule has 0 unspecified atom stereocenters. The predicted molar refractivity (Wildman–Crippen MR) is 74.8 cm³/mol. The van der Waals surface area contributed by atoms with Crippen molar-refractivity contribution in [3.63, 3.8) is 0 Å². The van der Waals surface area contributed by atoms with Crippen LogP contribution in [0, 0.1) is 0 Å². The predicted octanol–water partition coefficient (Wildman–Crippen LogP) is 3.77. The highest BCUT2D eigenvalue weighted by Gasteiger charge is 2.13. The van der Waals surface area contributed by atoms with Crippen LogP contribution in [0.5, 0.6) is 0 Å². The largest absolute Gasteiger partial charge is 0.465 e. The van der Waals surface area contributed by atoms with Gasteiger partial charge in [0.1, 0.15) is 10.3 Å². The summed E-state index contributed by atoms with van der Waals surface area (Å²) in [6, 6.07) is 10.7. The third-order valence-electron chi connectivity index (χ3n) is 2.70. The topological polar surface area (TPSA) is 39.2 Å². The number of hydrogen-bond donors (Lipinski definition) is 0. The van der Waals surface area contributed by atoms with Gasteiger partial charge in [0, 0.05) is 6.42 Å². The van der Waals surface area contributed by atoms with Crippen molar-refractivity contribution in [3.8, 4) is 0 Å². The molecule has 0 spiro atoms. The van der Waals surface area contributed by atoms with Crippen LogP contribution in [0.3, 0.4) is 0 Å². The van der Waals surface area contributed by atoms with Crippen molar-refractivity contribution >= 4 is 29.2 Å². The first-order valence-corrected chi connectivity index (χ1v) is 6.34. The van der Waals surface area contributed by atoms with Crippen LogP contribution in [-0.4, -0.2) is 18.1 Å². The summed E-state index contributed by atoms with van der Waals surface area (Å²) in [6.45, 7) is 0. The number of hydrogen-bond acceptors (Lipinski definition) is 3. The molecule has 0 fully saturated rings. The molecular weight excluding hydrogens is 285 g/mol. The third kappa shape index (κ3) is 3.25. The molecule has 19 heavy (non-hydrogen) atoms. The lowest BCUT2D eigenvalue weighted by molar-refractivity contribution is 0.0599. The number of methoxy groups -OCH3 is 1. The summed E-state index contributed by atoms with van der Waals surface area (Å²) in [4.78, 5) is 15.7. The molecule has 0 amide bonds. The van der Waals surface area contributed by atoms with Crippen molar-refractivity contribution < 1.29 is 9.53 Å². The molecule has 0 aliphatic carbocycles. The molecule has 0 bridgehead atoms. The van der Waals surface area contributed by atoms with E-state index in [4.69, 9.17) is 27.9 Å². The molecule has 3 nitrogen and oxygen atoms in total. The van der Waals surface area contributed by atoms with E-state index in [2.05, 4.69) is 4.98 Å². The zero-order valence-corrected chi connectivity index (χ0v) is 11.7. The lowest BCUT2D eigenvalue weighted by Crippen LogP contribution is -2.06. The number of aromatic nitrogens is 1. The summed E-state index contributed by atoms with van der Waals surface area (Å²) in [5, 5.41) is 0.683. The highest BCUT2D eigenvalue weighted by molar-refractivity contribution is 6.32. The Morgan fingerprint density at radius 2 is 1.89 bits per heavy atom. The summed E-state index contributed by atoms with van der Waals surface area (Å²) in [5.74, 6) is -0.367. The molecule has 0 aliphatic heterocycles. The van der Waals surface area contributed by atoms with E-state index < -0.39 is 0 Å². The Bertz CT molecular complexity index is 614. The number of esters is 1. The zero-order chi connectivity index (χ0) is 13.8. The molecule has 5 heteroatoms. The molecule has 2 rings (SSSR count). The van der Waals surface area contributed by atoms with E-state index >= 15 is 0 Å². The molecule has 0 aliphatic rings. The van der Waals surface area contributed by atoms with Crippen LogP contribution in [0.2, 0.25) is 10.3 Å². The van der Waals surface area contributed by atoms with Crippen LogP contribution < -0.4 is 0 Å². The molecule has 1 heterocycles. The molecule has 1 aromatic heterocycles. The van der Waals surface area contributed by atoms with E-state index in [1.807, 2.05) is 12.1 Å². The lowest BCUT2D eigenvalue weighted by Gasteiger charge is -2.08. The minimum absolute atomic E-state index is 0.340. The number of carbonyl (C=O) groups is 1. The van der Waals surface area contributed by atoms with Crippen LogP contribution in [0.1, 0.15) is 21.5 Å². The summed E-state index contributed by atoms with van der Waals surface area (Å²) < 4.78 is 4.76. The van der Waals surface area contributed by atoms with E-state index in [9.17, 15) is 4.79 Å². The van der Waals surface area contributed by atoms with Gasteiger partial charge in [-0.1, -0.05) is 47.5 Å². The lowest BCUT2D eigenvalue weighted by atomic mass is 10.0. The van der Waals surface area contributed by atoms with E-state index in [0.717, 1.165) is 11.1 Å². The van der Waals surface area contributed by atoms with Crippen LogP contribution in [0.25, 0.3) is 0 Å². The fourth-order valence-corrected chi connectivity index (χ4v) is 2.17. The Balaban J connectivity index is 2.35. The number of benzene rings is 1. The number of carbonyl (C=O) groups excluding carboxylic acids is 1. The molecule has 0 N–H and O–H groups in total. The first-order valence-electron chi connectivity index (χ1n) is 5.59. The quantitative estimate of drug-likeness (QED) is 0.639. The van der Waals surface area contributed by atoms with Gasteiger partial charge < -0.3 is 4.74 Å². The molecular formula is C14H11Cl2NO2. The highest BCUT2D eigenvalue weighted by Crippen LogP contribution is 2.22. The number of nitrogens with zero attached hydrogens (tertiary/aromatic N) is 1. The number of ether oxygens (including phenoxy) is 1. The fraction of sp³-hybridized carbons (Fsp3) is 0.143. The summed E-state index contributed by atoms with van der Waals surface area (Å²) in [6.07, 6.45) is 0.494. The van der Waals surface area contributed by atoms with Crippen LogP contribution >= 0.6 is 23.2 Å². The van der Waals surface area contributed by atoms with Gasteiger partial charge in [-0.15, -0.1) is 0 Å². The maximum Gasteiger partial charge on any atom is 0.338 e. The van der Waals surface area contributed by atoms with Gasteiger partial charge in [-0.2, -0.15) is 0 Å². The molecule has 0 radical (unpaired) electrons. The number of pyridine rings is 1. The van der Waals surface area contributed by atoms with Gasteiger partial charge in [-0.05, 0) is 23.3 Å². The normalized spacial score (nSPS) is 10.3. The van der Waals surface area contributed by atoms with Gasteiger partial charge in [-0.25, -0.2) is 9.78 Å². The Hall–Kier alpha value is -1.58. The van der Waals surface area contributed by atoms with Crippen molar-refractivity contribution in [1.82, 2.24) is 4.98 Å². The van der Waals surface area contributed by atoms with Gasteiger partial charge >= 0.3 is 5.97 Å². The van der Waals surface area contributed by atoms with Gasteiger partial charge in [0.05, 0.1) is 12.7 Å². The monoisotopic (exact) mass is 295 g/mol. The standard InChI is InChI=1S/C14H11Cl2NO2/c1-19-14(18)11-5-3-2-4-9(11)8-10-6-7-12(15)17-13(10)16/h2-7H,8H2,1H3. The second kappa shape index (κ2) is 6.04. The molecule has 0 saturated heterocycles. The molecule has 2 aromatic rings. The molecule has 0 saturated carbocycles. The Labute approximate surface area is 121 Å². The van der Waals surface area contributed by atoms with E-state index in [0.29, 0.717) is 22.3 Å². The summed E-state index contributed by atoms with van der Waals surface area (Å²) >= 11 is 11.8. The smallest absolute Gasteiger partial charge is 0.338 e. The van der Waals surface area contributed by atoms with Crippen LogP contribution in [0.15, 0.2) is 36.4 Å². The number of halogens is 2. The first-order chi connectivity index (χ1) is 9.11. The van der Waals surface area contributed by atoms with Crippen molar-refractivity contribution in [3.05, 3.63) is 63.4 Å². The van der Waals surface area contributed by atoms with E-state index in [1.165, 1.54) is 7.11 Å². The Kier molecular flexibility index (Phi) is 4.40. The van der Waals surface area contributed by atoms with Gasteiger partial charge in [-0.3, -0.25) is 0 Å². The molecule has 98 valence electrons. The minimum Gasteiger partial charge on any atom is -0.465 e. The second-order valence-corrected chi connectivity index (χ2v) is 4.65. The van der Waals surface area contributed by atoms with Gasteiger partial charge in [0.2, 0.25) is 0 Å². The fourth-order valence-electron chi connectivity index (χ4n) is 1.76. The van der Waals surface area contributed by atoms with Crippen molar-refractivity contribution in [2.24, 2.45) is 0 Å². The maximum atomic E-state index is 11.7. The van der Waals surface area contributed by atoms with Crippen molar-refractivity contribution in [2.75, 3.05) is 7.11 Å². The Morgan fingerprint density at radius 1 is 1.16 bits per heavy atom. The van der Waals surface area contributed by atoms with Crippen LogP contribution in [0.4, 0.5) is 0 Å². The minimum atomic E-state index is -0.367. The van der Waals surface area contributed by atoms with Gasteiger partial charge in [0.15, 0.2) is 0 Å². The Morgan fingerprint density at radius 3 is 2.58 bits per heavy atom. The SMILES string of the molecule is COC(=O)c1ccccc1Cc1ccc(Cl)nc1Cl. The van der Waals surface area contributed by atoms with Crippen molar-refractivity contribution in [1.29, 1.82) is 0 Å². The van der Waals surface area contributed by atoms with E-state index in [-0.39, 0.29) is 5.97 Å². The first kappa shape index (κ1) is 13.8. The zero-order valence-electron chi connectivity index (χ0n) is 10.2. The van der Waals surface area contributed by atoms with Gasteiger partial charge in [0.25, 0.3) is 0 Å². The summed E-state index contributed by atoms with van der Waals surface area (Å²) in [5.41, 5.74) is 2.17. The van der Waals surface area contributed by atoms with E-state index in [1.54, 1.807) is 24.3 Å².